The van der Waals surface area contributed by atoms with E-state index in [1.54, 1.807) is 48.5 Å². The van der Waals surface area contributed by atoms with Gasteiger partial charge in [-0.1, -0.05) is 0 Å². The summed E-state index contributed by atoms with van der Waals surface area (Å²) in [6, 6.07) is 6.65. The Labute approximate surface area is 144 Å². The Morgan fingerprint density at radius 1 is 1.36 bits per heavy atom. The summed E-state index contributed by atoms with van der Waals surface area (Å²) in [6.07, 6.45) is 8.27. The Morgan fingerprint density at radius 3 is 2.96 bits per heavy atom. The quantitative estimate of drug-likeness (QED) is 0.631. The molecule has 130 valence electrons. The molecule has 3 aromatic rings. The standard InChI is InChI=1S/C17H19N5O3/c1-17(24,14-3-2-8-25-14)11-21-16(23)20-10-13-4-5-19-15(9-13)22-7-6-18-12-22/h2-9,12,24H,10-11H2,1H3,(H2,20,21,23). The van der Waals surface area contributed by atoms with Crippen LogP contribution in [0.4, 0.5) is 4.79 Å². The molecule has 3 aromatic heterocycles. The molecule has 3 N–H and O–H groups in total. The molecule has 0 saturated heterocycles. The van der Waals surface area contributed by atoms with Gasteiger partial charge in [0.2, 0.25) is 0 Å². The Morgan fingerprint density at radius 2 is 2.24 bits per heavy atom. The molecule has 0 aromatic carbocycles. The molecular formula is C17H19N5O3. The van der Waals surface area contributed by atoms with E-state index in [4.69, 9.17) is 4.42 Å². The lowest BCUT2D eigenvalue weighted by Gasteiger charge is -2.21. The average molecular weight is 341 g/mol. The number of hydrogen-bond donors (Lipinski definition) is 3. The van der Waals surface area contributed by atoms with E-state index in [-0.39, 0.29) is 12.6 Å². The normalized spacial score (nSPS) is 13.2. The summed E-state index contributed by atoms with van der Waals surface area (Å²) >= 11 is 0. The number of carbonyl (C=O) groups is 1. The van der Waals surface area contributed by atoms with Crippen LogP contribution < -0.4 is 10.6 Å². The third kappa shape index (κ3) is 4.24. The van der Waals surface area contributed by atoms with E-state index in [9.17, 15) is 9.90 Å². The highest BCUT2D eigenvalue weighted by atomic mass is 16.4. The number of nitrogens with one attached hydrogen (secondary N) is 2. The molecular weight excluding hydrogens is 322 g/mol. The molecule has 8 nitrogen and oxygen atoms in total. The van der Waals surface area contributed by atoms with E-state index in [1.165, 1.54) is 6.26 Å². The molecule has 25 heavy (non-hydrogen) atoms. The molecule has 3 rings (SSSR count). The van der Waals surface area contributed by atoms with Gasteiger partial charge in [-0.3, -0.25) is 4.57 Å². The minimum Gasteiger partial charge on any atom is -0.466 e. The minimum atomic E-state index is -1.27. The first-order valence-electron chi connectivity index (χ1n) is 7.76. The first-order valence-corrected chi connectivity index (χ1v) is 7.76. The average Bonchev–Trinajstić information content (AvgIpc) is 3.32. The molecule has 0 bridgehead atoms. The van der Waals surface area contributed by atoms with Crippen molar-refractivity contribution in [3.63, 3.8) is 0 Å². The van der Waals surface area contributed by atoms with Crippen molar-refractivity contribution in [2.24, 2.45) is 0 Å². The Bertz CT molecular complexity index is 813. The molecule has 3 heterocycles. The molecule has 0 aliphatic heterocycles. The first-order chi connectivity index (χ1) is 12.0. The molecule has 2 amide bonds. The molecule has 0 aliphatic carbocycles. The monoisotopic (exact) mass is 341 g/mol. The van der Waals surface area contributed by atoms with E-state index in [2.05, 4.69) is 20.6 Å². The smallest absolute Gasteiger partial charge is 0.315 e. The van der Waals surface area contributed by atoms with E-state index < -0.39 is 5.60 Å². The van der Waals surface area contributed by atoms with Crippen molar-refractivity contribution in [3.8, 4) is 5.82 Å². The van der Waals surface area contributed by atoms with Crippen molar-refractivity contribution in [2.45, 2.75) is 19.1 Å². The lowest BCUT2D eigenvalue weighted by atomic mass is 10.0. The highest BCUT2D eigenvalue weighted by Crippen LogP contribution is 2.19. The number of pyridine rings is 1. The number of imidazole rings is 1. The molecule has 1 unspecified atom stereocenters. The number of nitrogens with zero attached hydrogens (tertiary/aromatic N) is 3. The van der Waals surface area contributed by atoms with Crippen molar-refractivity contribution in [2.75, 3.05) is 6.54 Å². The van der Waals surface area contributed by atoms with Gasteiger partial charge in [-0.25, -0.2) is 14.8 Å². The zero-order chi connectivity index (χ0) is 17.7. The maximum Gasteiger partial charge on any atom is 0.315 e. The van der Waals surface area contributed by atoms with Gasteiger partial charge in [-0.05, 0) is 36.8 Å². The van der Waals surface area contributed by atoms with Gasteiger partial charge in [0.15, 0.2) is 0 Å². The molecule has 0 radical (unpaired) electrons. The van der Waals surface area contributed by atoms with Gasteiger partial charge in [0.1, 0.15) is 23.5 Å². The fourth-order valence-corrected chi connectivity index (χ4v) is 2.28. The number of hydrogen-bond acceptors (Lipinski definition) is 5. The van der Waals surface area contributed by atoms with Crippen molar-refractivity contribution in [1.29, 1.82) is 0 Å². The Balaban J connectivity index is 1.52. The summed E-state index contributed by atoms with van der Waals surface area (Å²) in [5, 5.41) is 15.7. The van der Waals surface area contributed by atoms with E-state index in [0.29, 0.717) is 12.3 Å². The summed E-state index contributed by atoms with van der Waals surface area (Å²) in [6.45, 7) is 1.94. The van der Waals surface area contributed by atoms with E-state index >= 15 is 0 Å². The predicted octanol–water partition coefficient (Wildman–Crippen LogP) is 1.57. The van der Waals surface area contributed by atoms with Gasteiger partial charge in [0, 0.05) is 25.1 Å². The summed E-state index contributed by atoms with van der Waals surface area (Å²) < 4.78 is 6.95. The number of amides is 2. The molecule has 0 spiro atoms. The largest absolute Gasteiger partial charge is 0.466 e. The van der Waals surface area contributed by atoms with Crippen molar-refractivity contribution in [1.82, 2.24) is 25.2 Å². The van der Waals surface area contributed by atoms with Crippen LogP contribution in [0, 0.1) is 0 Å². The first kappa shape index (κ1) is 16.7. The minimum absolute atomic E-state index is 0.0307. The van der Waals surface area contributed by atoms with E-state index in [1.807, 2.05) is 12.1 Å². The third-order valence-corrected chi connectivity index (χ3v) is 3.68. The van der Waals surface area contributed by atoms with Gasteiger partial charge in [0.05, 0.1) is 12.8 Å². The highest BCUT2D eigenvalue weighted by molar-refractivity contribution is 5.73. The van der Waals surface area contributed by atoms with Gasteiger partial charge in [-0.15, -0.1) is 0 Å². The van der Waals surface area contributed by atoms with Crippen LogP contribution in [0.25, 0.3) is 5.82 Å². The van der Waals surface area contributed by atoms with Crippen LogP contribution in [0.15, 0.2) is 59.9 Å². The van der Waals surface area contributed by atoms with Crippen LogP contribution in [0.5, 0.6) is 0 Å². The topological polar surface area (TPSA) is 105 Å². The zero-order valence-corrected chi connectivity index (χ0v) is 13.7. The number of rotatable bonds is 6. The SMILES string of the molecule is CC(O)(CNC(=O)NCc1ccnc(-n2ccnc2)c1)c1ccco1. The molecule has 0 saturated carbocycles. The summed E-state index contributed by atoms with van der Waals surface area (Å²) in [5.74, 6) is 1.12. The van der Waals surface area contributed by atoms with Gasteiger partial charge in [0.25, 0.3) is 0 Å². The summed E-state index contributed by atoms with van der Waals surface area (Å²) in [4.78, 5) is 20.2. The maximum absolute atomic E-state index is 12.0. The molecule has 0 aliphatic rings. The maximum atomic E-state index is 12.0. The number of urea groups is 1. The van der Waals surface area contributed by atoms with Crippen molar-refractivity contribution >= 4 is 6.03 Å². The van der Waals surface area contributed by atoms with Crippen LogP contribution in [-0.2, 0) is 12.1 Å². The second-order valence-electron chi connectivity index (χ2n) is 5.78. The molecule has 0 fully saturated rings. The fourth-order valence-electron chi connectivity index (χ4n) is 2.28. The number of aromatic nitrogens is 3. The highest BCUT2D eigenvalue weighted by Gasteiger charge is 2.26. The van der Waals surface area contributed by atoms with Gasteiger partial charge < -0.3 is 20.2 Å². The molecule has 8 heteroatoms. The fraction of sp³-hybridized carbons (Fsp3) is 0.235. The van der Waals surface area contributed by atoms with Crippen LogP contribution >= 0.6 is 0 Å². The van der Waals surface area contributed by atoms with Crippen LogP contribution in [0.2, 0.25) is 0 Å². The zero-order valence-electron chi connectivity index (χ0n) is 13.7. The summed E-state index contributed by atoms with van der Waals surface area (Å²) in [7, 11) is 0. The molecule has 1 atom stereocenters. The van der Waals surface area contributed by atoms with Crippen LogP contribution in [-0.4, -0.2) is 32.2 Å². The third-order valence-electron chi connectivity index (χ3n) is 3.68. The second kappa shape index (κ2) is 7.18. The lowest BCUT2D eigenvalue weighted by molar-refractivity contribution is 0.0367. The van der Waals surface area contributed by atoms with Crippen LogP contribution in [0.3, 0.4) is 0 Å². The van der Waals surface area contributed by atoms with Gasteiger partial charge >= 0.3 is 6.03 Å². The van der Waals surface area contributed by atoms with Crippen LogP contribution in [0.1, 0.15) is 18.2 Å². The van der Waals surface area contributed by atoms with Gasteiger partial charge in [-0.2, -0.15) is 0 Å². The van der Waals surface area contributed by atoms with Crippen molar-refractivity contribution < 1.29 is 14.3 Å². The van der Waals surface area contributed by atoms with E-state index in [0.717, 1.165) is 11.4 Å². The Hall–Kier alpha value is -3.13. The number of furan rings is 1. The Kier molecular flexibility index (Phi) is 4.80. The second-order valence-corrected chi connectivity index (χ2v) is 5.78. The van der Waals surface area contributed by atoms with Crippen molar-refractivity contribution in [3.05, 3.63) is 66.8 Å². The lowest BCUT2D eigenvalue weighted by Crippen LogP contribution is -2.43. The summed E-state index contributed by atoms with van der Waals surface area (Å²) in [5.41, 5.74) is -0.377. The number of carbonyl (C=O) groups excluding carboxylic acids is 1. The predicted molar refractivity (Wildman–Crippen MR) is 89.9 cm³/mol. The number of aliphatic hydroxyl groups is 1.